The van der Waals surface area contributed by atoms with Crippen LogP contribution in [0.3, 0.4) is 0 Å². The monoisotopic (exact) mass is 374 g/mol. The lowest BCUT2D eigenvalue weighted by atomic mass is 9.96. The van der Waals surface area contributed by atoms with Crippen molar-refractivity contribution in [3.8, 4) is 11.5 Å². The van der Waals surface area contributed by atoms with Crippen LogP contribution in [-0.2, 0) is 13.6 Å². The van der Waals surface area contributed by atoms with E-state index >= 15 is 0 Å². The zero-order valence-corrected chi connectivity index (χ0v) is 16.8. The number of nitrogens with zero attached hydrogens (tertiary/aromatic N) is 2. The average molecular weight is 374 g/mol. The minimum absolute atomic E-state index is 0.147. The number of carbonyl (C=O) groups is 1. The lowest BCUT2D eigenvalue weighted by molar-refractivity contribution is 0.232. The summed E-state index contributed by atoms with van der Waals surface area (Å²) < 4.78 is 13.1. The molecule has 0 radical (unpaired) electrons. The van der Waals surface area contributed by atoms with Crippen LogP contribution in [0.5, 0.6) is 11.5 Å². The summed E-state index contributed by atoms with van der Waals surface area (Å²) in [6.45, 7) is 9.56. The third kappa shape index (κ3) is 5.64. The second-order valence-electron chi connectivity index (χ2n) is 6.57. The summed E-state index contributed by atoms with van der Waals surface area (Å²) in [4.78, 5) is 12.4. The molecule has 0 fully saturated rings. The van der Waals surface area contributed by atoms with Crippen LogP contribution in [0, 0.1) is 5.92 Å². The van der Waals surface area contributed by atoms with E-state index in [0.29, 0.717) is 31.3 Å². The van der Waals surface area contributed by atoms with Crippen LogP contribution >= 0.6 is 0 Å². The Morgan fingerprint density at radius 3 is 2.44 bits per heavy atom. The zero-order chi connectivity index (χ0) is 19.8. The van der Waals surface area contributed by atoms with Gasteiger partial charge >= 0.3 is 6.03 Å². The summed E-state index contributed by atoms with van der Waals surface area (Å²) in [5.74, 6) is 1.62. The van der Waals surface area contributed by atoms with Gasteiger partial charge in [0.25, 0.3) is 0 Å². The predicted molar refractivity (Wildman–Crippen MR) is 105 cm³/mol. The van der Waals surface area contributed by atoms with Crippen LogP contribution < -0.4 is 20.1 Å². The van der Waals surface area contributed by atoms with Crippen molar-refractivity contribution in [3.63, 3.8) is 0 Å². The third-order valence-electron chi connectivity index (χ3n) is 4.23. The van der Waals surface area contributed by atoms with Crippen molar-refractivity contribution < 1.29 is 14.3 Å². The Balaban J connectivity index is 2.10. The second-order valence-corrected chi connectivity index (χ2v) is 6.57. The molecular weight excluding hydrogens is 344 g/mol. The Morgan fingerprint density at radius 1 is 1.15 bits per heavy atom. The van der Waals surface area contributed by atoms with E-state index in [4.69, 9.17) is 9.47 Å². The Kier molecular flexibility index (Phi) is 7.52. The van der Waals surface area contributed by atoms with Crippen LogP contribution in [0.2, 0.25) is 0 Å². The summed E-state index contributed by atoms with van der Waals surface area (Å²) >= 11 is 0. The van der Waals surface area contributed by atoms with Crippen LogP contribution in [0.15, 0.2) is 30.5 Å². The molecule has 2 N–H and O–H groups in total. The highest BCUT2D eigenvalue weighted by atomic mass is 16.5. The van der Waals surface area contributed by atoms with E-state index in [-0.39, 0.29) is 18.0 Å². The smallest absolute Gasteiger partial charge is 0.315 e. The molecule has 2 amide bonds. The van der Waals surface area contributed by atoms with Crippen molar-refractivity contribution in [3.05, 3.63) is 41.7 Å². The van der Waals surface area contributed by atoms with Gasteiger partial charge in [-0.15, -0.1) is 0 Å². The maximum absolute atomic E-state index is 12.4. The molecule has 1 aromatic heterocycles. The lowest BCUT2D eigenvalue weighted by Gasteiger charge is -2.24. The first kappa shape index (κ1) is 20.6. The highest BCUT2D eigenvalue weighted by Crippen LogP contribution is 2.32. The molecule has 0 aliphatic rings. The van der Waals surface area contributed by atoms with Gasteiger partial charge in [-0.2, -0.15) is 5.10 Å². The average Bonchev–Trinajstić information content (AvgIpc) is 3.04. The maximum Gasteiger partial charge on any atom is 0.315 e. The molecule has 0 bridgehead atoms. The molecule has 0 aliphatic heterocycles. The fourth-order valence-electron chi connectivity index (χ4n) is 2.83. The van der Waals surface area contributed by atoms with Crippen molar-refractivity contribution in [1.29, 1.82) is 0 Å². The van der Waals surface area contributed by atoms with Gasteiger partial charge < -0.3 is 20.1 Å². The number of aromatic nitrogens is 2. The normalized spacial score (nSPS) is 11.9. The quantitative estimate of drug-likeness (QED) is 0.705. The number of hydrogen-bond acceptors (Lipinski definition) is 4. The number of nitrogens with one attached hydrogen (secondary N) is 2. The van der Waals surface area contributed by atoms with Crippen molar-refractivity contribution in [1.82, 2.24) is 20.4 Å². The zero-order valence-electron chi connectivity index (χ0n) is 16.8. The molecule has 27 heavy (non-hydrogen) atoms. The Bertz CT molecular complexity index is 743. The third-order valence-corrected chi connectivity index (χ3v) is 4.23. The summed E-state index contributed by atoms with van der Waals surface area (Å²) in [5.41, 5.74) is 1.92. The molecule has 1 heterocycles. The number of hydrogen-bond donors (Lipinski definition) is 2. The minimum atomic E-state index is -0.221. The van der Waals surface area contributed by atoms with Gasteiger partial charge in [0.15, 0.2) is 11.5 Å². The van der Waals surface area contributed by atoms with Crippen molar-refractivity contribution in [2.24, 2.45) is 13.0 Å². The first-order valence-electron chi connectivity index (χ1n) is 9.37. The molecule has 148 valence electrons. The van der Waals surface area contributed by atoms with Gasteiger partial charge in [-0.25, -0.2) is 4.79 Å². The Labute approximate surface area is 161 Å². The molecule has 2 rings (SSSR count). The summed E-state index contributed by atoms with van der Waals surface area (Å²) in [7, 11) is 1.85. The number of benzene rings is 1. The van der Waals surface area contributed by atoms with Crippen LogP contribution in [0.25, 0.3) is 0 Å². The first-order valence-corrected chi connectivity index (χ1v) is 9.37. The summed E-state index contributed by atoms with van der Waals surface area (Å²) in [6.07, 6.45) is 1.71. The standard InChI is InChI=1S/C20H30N4O3/c1-6-26-17-9-8-15(12-18(17)27-7-2)19(14(3)4)23-20(25)21-13-16-10-11-22-24(16)5/h8-12,14,19H,6-7,13H2,1-5H3,(H2,21,23,25). The van der Waals surface area contributed by atoms with Crippen molar-refractivity contribution in [2.45, 2.75) is 40.3 Å². The fourth-order valence-corrected chi connectivity index (χ4v) is 2.83. The molecule has 7 heteroatoms. The molecule has 0 saturated carbocycles. The SMILES string of the molecule is CCOc1ccc(C(NC(=O)NCc2ccnn2C)C(C)C)cc1OCC. The number of urea groups is 1. The van der Waals surface area contributed by atoms with Gasteiger partial charge in [0.1, 0.15) is 0 Å². The minimum Gasteiger partial charge on any atom is -0.490 e. The van der Waals surface area contributed by atoms with E-state index in [1.165, 1.54) is 0 Å². The van der Waals surface area contributed by atoms with Gasteiger partial charge in [0.2, 0.25) is 0 Å². The van der Waals surface area contributed by atoms with E-state index in [0.717, 1.165) is 11.3 Å². The highest BCUT2D eigenvalue weighted by Gasteiger charge is 2.20. The molecule has 1 atom stereocenters. The van der Waals surface area contributed by atoms with E-state index in [9.17, 15) is 4.79 Å². The van der Waals surface area contributed by atoms with Gasteiger partial charge in [0, 0.05) is 13.2 Å². The number of rotatable bonds is 9. The topological polar surface area (TPSA) is 77.4 Å². The first-order chi connectivity index (χ1) is 13.0. The van der Waals surface area contributed by atoms with Gasteiger partial charge in [-0.1, -0.05) is 19.9 Å². The van der Waals surface area contributed by atoms with Crippen LogP contribution in [0.1, 0.15) is 45.0 Å². The predicted octanol–water partition coefficient (Wildman–Crippen LogP) is 3.41. The molecule has 7 nitrogen and oxygen atoms in total. The number of amides is 2. The Hall–Kier alpha value is -2.70. The number of aryl methyl sites for hydroxylation is 1. The van der Waals surface area contributed by atoms with E-state index < -0.39 is 0 Å². The van der Waals surface area contributed by atoms with Crippen molar-refractivity contribution >= 4 is 6.03 Å². The van der Waals surface area contributed by atoms with E-state index in [2.05, 4.69) is 29.6 Å². The van der Waals surface area contributed by atoms with Crippen LogP contribution in [0.4, 0.5) is 4.79 Å². The largest absolute Gasteiger partial charge is 0.490 e. The van der Waals surface area contributed by atoms with Gasteiger partial charge in [-0.05, 0) is 43.5 Å². The van der Waals surface area contributed by atoms with E-state index in [1.807, 2.05) is 45.2 Å². The number of carbonyl (C=O) groups excluding carboxylic acids is 1. The lowest BCUT2D eigenvalue weighted by Crippen LogP contribution is -2.39. The van der Waals surface area contributed by atoms with Gasteiger partial charge in [0.05, 0.1) is 31.5 Å². The summed E-state index contributed by atoms with van der Waals surface area (Å²) in [6, 6.07) is 7.32. The van der Waals surface area contributed by atoms with Crippen molar-refractivity contribution in [2.75, 3.05) is 13.2 Å². The molecule has 0 spiro atoms. The summed E-state index contributed by atoms with van der Waals surface area (Å²) in [5, 5.41) is 10.0. The highest BCUT2D eigenvalue weighted by molar-refractivity contribution is 5.74. The molecular formula is C20H30N4O3. The second kappa shape index (κ2) is 9.85. The maximum atomic E-state index is 12.4. The molecule has 1 aromatic carbocycles. The molecule has 0 saturated heterocycles. The van der Waals surface area contributed by atoms with E-state index in [1.54, 1.807) is 10.9 Å². The number of ether oxygens (including phenoxy) is 2. The molecule has 1 unspecified atom stereocenters. The Morgan fingerprint density at radius 2 is 1.85 bits per heavy atom. The molecule has 2 aromatic rings. The van der Waals surface area contributed by atoms with Gasteiger partial charge in [-0.3, -0.25) is 4.68 Å². The fraction of sp³-hybridized carbons (Fsp3) is 0.500. The molecule has 0 aliphatic carbocycles. The van der Waals surface area contributed by atoms with Crippen LogP contribution in [-0.4, -0.2) is 29.0 Å².